The summed E-state index contributed by atoms with van der Waals surface area (Å²) in [5.74, 6) is 0.781. The van der Waals surface area contributed by atoms with Gasteiger partial charge in [0.2, 0.25) is 10.0 Å². The third kappa shape index (κ3) is 3.02. The molecule has 1 saturated heterocycles. The van der Waals surface area contributed by atoms with Gasteiger partial charge < -0.3 is 5.73 Å². The highest BCUT2D eigenvalue weighted by Crippen LogP contribution is 2.31. The van der Waals surface area contributed by atoms with Crippen molar-refractivity contribution in [3.05, 3.63) is 22.2 Å². The molecular formula is C14H21BrN2O2S. The topological polar surface area (TPSA) is 63.4 Å². The van der Waals surface area contributed by atoms with Gasteiger partial charge in [-0.05, 0) is 58.8 Å². The van der Waals surface area contributed by atoms with E-state index in [4.69, 9.17) is 5.73 Å². The molecule has 0 amide bonds. The summed E-state index contributed by atoms with van der Waals surface area (Å²) < 4.78 is 28.0. The summed E-state index contributed by atoms with van der Waals surface area (Å²) in [4.78, 5) is 0.319. The number of piperidine rings is 1. The second-order valence-corrected chi connectivity index (χ2v) is 8.67. The van der Waals surface area contributed by atoms with E-state index >= 15 is 0 Å². The van der Waals surface area contributed by atoms with Crippen LogP contribution in [-0.4, -0.2) is 25.8 Å². The lowest BCUT2D eigenvalue weighted by atomic mass is 9.94. The lowest BCUT2D eigenvalue weighted by Gasteiger charge is -2.34. The molecule has 2 unspecified atom stereocenters. The second kappa shape index (κ2) is 5.66. The number of halogens is 1. The van der Waals surface area contributed by atoms with Gasteiger partial charge >= 0.3 is 0 Å². The van der Waals surface area contributed by atoms with E-state index in [1.165, 1.54) is 0 Å². The second-order valence-electron chi connectivity index (χ2n) is 5.91. The zero-order valence-corrected chi connectivity index (χ0v) is 14.5. The Bertz CT molecular complexity index is 606. The maximum atomic E-state index is 12.8. The van der Waals surface area contributed by atoms with Crippen molar-refractivity contribution < 1.29 is 8.42 Å². The average Bonchev–Trinajstić information content (AvgIpc) is 2.32. The predicted octanol–water partition coefficient (Wildman–Crippen LogP) is 3.01. The molecule has 2 atom stereocenters. The summed E-state index contributed by atoms with van der Waals surface area (Å²) >= 11 is 3.33. The van der Waals surface area contributed by atoms with Crippen molar-refractivity contribution >= 4 is 31.6 Å². The molecule has 1 aliphatic rings. The first-order valence-electron chi connectivity index (χ1n) is 6.77. The van der Waals surface area contributed by atoms with Crippen LogP contribution in [0.5, 0.6) is 0 Å². The largest absolute Gasteiger partial charge is 0.398 e. The van der Waals surface area contributed by atoms with Gasteiger partial charge in [-0.2, -0.15) is 4.31 Å². The number of benzene rings is 1. The van der Waals surface area contributed by atoms with Gasteiger partial charge in [0.15, 0.2) is 0 Å². The first-order chi connectivity index (χ1) is 9.21. The third-order valence-corrected chi connectivity index (χ3v) is 6.41. The molecule has 2 N–H and O–H groups in total. The number of nitrogens with zero attached hydrogens (tertiary/aromatic N) is 1. The highest BCUT2D eigenvalue weighted by atomic mass is 79.9. The van der Waals surface area contributed by atoms with Gasteiger partial charge in [-0.25, -0.2) is 8.42 Å². The van der Waals surface area contributed by atoms with Crippen LogP contribution in [0, 0.1) is 18.8 Å². The fourth-order valence-corrected chi connectivity index (χ4v) is 5.27. The highest BCUT2D eigenvalue weighted by molar-refractivity contribution is 9.10. The van der Waals surface area contributed by atoms with Crippen LogP contribution in [-0.2, 0) is 10.0 Å². The van der Waals surface area contributed by atoms with E-state index in [-0.39, 0.29) is 0 Å². The monoisotopic (exact) mass is 360 g/mol. The summed E-state index contributed by atoms with van der Waals surface area (Å²) in [6, 6.07) is 3.32. The van der Waals surface area contributed by atoms with Crippen LogP contribution in [0.2, 0.25) is 0 Å². The van der Waals surface area contributed by atoms with E-state index in [1.807, 2.05) is 0 Å². The van der Waals surface area contributed by atoms with Crippen LogP contribution in [0.3, 0.4) is 0 Å². The van der Waals surface area contributed by atoms with Gasteiger partial charge in [-0.1, -0.05) is 13.8 Å². The molecular weight excluding hydrogens is 340 g/mol. The first-order valence-corrected chi connectivity index (χ1v) is 9.01. The van der Waals surface area contributed by atoms with Crippen LogP contribution in [0.4, 0.5) is 5.69 Å². The predicted molar refractivity (Wildman–Crippen MR) is 85.0 cm³/mol. The molecule has 0 radical (unpaired) electrons. The van der Waals surface area contributed by atoms with Crippen molar-refractivity contribution in [2.75, 3.05) is 18.8 Å². The molecule has 6 heteroatoms. The van der Waals surface area contributed by atoms with Crippen LogP contribution in [0.1, 0.15) is 25.8 Å². The molecule has 1 fully saturated rings. The molecule has 0 aliphatic carbocycles. The van der Waals surface area contributed by atoms with Crippen LogP contribution in [0.15, 0.2) is 21.5 Å². The third-order valence-electron chi connectivity index (χ3n) is 3.75. The minimum atomic E-state index is -3.47. The number of hydrogen-bond acceptors (Lipinski definition) is 3. The fourth-order valence-electron chi connectivity index (χ4n) is 2.89. The number of nitrogen functional groups attached to an aromatic ring is 1. The smallest absolute Gasteiger partial charge is 0.243 e. The molecule has 1 aliphatic heterocycles. The van der Waals surface area contributed by atoms with Crippen molar-refractivity contribution in [2.24, 2.45) is 11.8 Å². The van der Waals surface area contributed by atoms with Gasteiger partial charge in [0.25, 0.3) is 0 Å². The number of nitrogens with two attached hydrogens (primary N) is 1. The Morgan fingerprint density at radius 3 is 2.35 bits per heavy atom. The van der Waals surface area contributed by atoms with E-state index in [1.54, 1.807) is 23.4 Å². The van der Waals surface area contributed by atoms with E-state index < -0.39 is 10.0 Å². The Kier molecular flexibility index (Phi) is 4.47. The summed E-state index contributed by atoms with van der Waals surface area (Å²) in [6.07, 6.45) is 1.08. The van der Waals surface area contributed by atoms with Crippen molar-refractivity contribution in [1.29, 1.82) is 0 Å². The number of hydrogen-bond donors (Lipinski definition) is 1. The highest BCUT2D eigenvalue weighted by Gasteiger charge is 2.32. The number of rotatable bonds is 2. The minimum absolute atomic E-state index is 0.319. The normalized spacial score (nSPS) is 24.8. The minimum Gasteiger partial charge on any atom is -0.398 e. The van der Waals surface area contributed by atoms with Crippen molar-refractivity contribution in [1.82, 2.24) is 4.31 Å². The van der Waals surface area contributed by atoms with E-state index in [9.17, 15) is 8.42 Å². The number of anilines is 1. The molecule has 1 aromatic rings. The van der Waals surface area contributed by atoms with E-state index in [2.05, 4.69) is 29.8 Å². The Labute approximate surface area is 129 Å². The Balaban J connectivity index is 2.42. The van der Waals surface area contributed by atoms with Gasteiger partial charge in [0, 0.05) is 23.2 Å². The van der Waals surface area contributed by atoms with Gasteiger partial charge in [0.1, 0.15) is 0 Å². The standard InChI is InChI=1S/C14H21BrN2O2S/c1-9-4-10(2)8-17(7-9)20(18,19)14-6-13(16)12(15)5-11(14)3/h5-6,9-10H,4,7-8,16H2,1-3H3. The molecule has 4 nitrogen and oxygen atoms in total. The molecule has 1 aromatic carbocycles. The van der Waals surface area contributed by atoms with Crippen molar-refractivity contribution in [2.45, 2.75) is 32.1 Å². The van der Waals surface area contributed by atoms with Crippen LogP contribution < -0.4 is 5.73 Å². The Morgan fingerprint density at radius 2 is 1.80 bits per heavy atom. The Morgan fingerprint density at radius 1 is 1.25 bits per heavy atom. The van der Waals surface area contributed by atoms with Gasteiger partial charge in [0.05, 0.1) is 4.90 Å². The summed E-state index contributed by atoms with van der Waals surface area (Å²) in [5, 5.41) is 0. The SMILES string of the molecule is Cc1cc(Br)c(N)cc1S(=O)(=O)N1CC(C)CC(C)C1. The first kappa shape index (κ1) is 15.8. The summed E-state index contributed by atoms with van der Waals surface area (Å²) in [5.41, 5.74) is 7.01. The van der Waals surface area contributed by atoms with Gasteiger partial charge in [-0.3, -0.25) is 0 Å². The number of sulfonamides is 1. The molecule has 2 rings (SSSR count). The zero-order valence-electron chi connectivity index (χ0n) is 12.1. The molecule has 0 spiro atoms. The Hall–Kier alpha value is -0.590. The van der Waals surface area contributed by atoms with E-state index in [0.29, 0.717) is 35.5 Å². The van der Waals surface area contributed by atoms with E-state index in [0.717, 1.165) is 16.5 Å². The van der Waals surface area contributed by atoms with Crippen molar-refractivity contribution in [3.8, 4) is 0 Å². The molecule has 0 bridgehead atoms. The lowest BCUT2D eigenvalue weighted by molar-refractivity contribution is 0.222. The zero-order chi connectivity index (χ0) is 15.1. The molecule has 0 aromatic heterocycles. The molecule has 1 heterocycles. The summed E-state index contributed by atoms with van der Waals surface area (Å²) in [7, 11) is -3.47. The lowest BCUT2D eigenvalue weighted by Crippen LogP contribution is -2.42. The molecule has 20 heavy (non-hydrogen) atoms. The molecule has 112 valence electrons. The number of aryl methyl sites for hydroxylation is 1. The average molecular weight is 361 g/mol. The maximum absolute atomic E-state index is 12.8. The maximum Gasteiger partial charge on any atom is 0.243 e. The van der Waals surface area contributed by atoms with Gasteiger partial charge in [-0.15, -0.1) is 0 Å². The molecule has 0 saturated carbocycles. The van der Waals surface area contributed by atoms with Crippen LogP contribution >= 0.6 is 15.9 Å². The quantitative estimate of drug-likeness (QED) is 0.824. The fraction of sp³-hybridized carbons (Fsp3) is 0.571. The van der Waals surface area contributed by atoms with Crippen LogP contribution in [0.25, 0.3) is 0 Å². The summed E-state index contributed by atoms with van der Waals surface area (Å²) in [6.45, 7) is 7.17. The van der Waals surface area contributed by atoms with Crippen molar-refractivity contribution in [3.63, 3.8) is 0 Å².